The number of morpholine rings is 1. The highest BCUT2D eigenvalue weighted by molar-refractivity contribution is 5.36. The Bertz CT molecular complexity index is 279. The zero-order valence-electron chi connectivity index (χ0n) is 8.45. The summed E-state index contributed by atoms with van der Waals surface area (Å²) >= 11 is 0. The molecule has 0 amide bonds. The third-order valence-electron chi connectivity index (χ3n) is 2.32. The average molecular weight is 196 g/mol. The van der Waals surface area contributed by atoms with E-state index in [2.05, 4.69) is 10.2 Å². The fraction of sp³-hybridized carbons (Fsp3) is 0.600. The van der Waals surface area contributed by atoms with Gasteiger partial charge in [-0.2, -0.15) is 0 Å². The van der Waals surface area contributed by atoms with Crippen molar-refractivity contribution in [2.75, 3.05) is 38.3 Å². The summed E-state index contributed by atoms with van der Waals surface area (Å²) in [5.74, 6) is 1.94. The number of ether oxygens (including phenoxy) is 1. The van der Waals surface area contributed by atoms with Crippen LogP contribution < -0.4 is 10.2 Å². The summed E-state index contributed by atoms with van der Waals surface area (Å²) in [5.41, 5.74) is 0. The summed E-state index contributed by atoms with van der Waals surface area (Å²) in [6.07, 6.45) is 0. The molecule has 2 heterocycles. The molecule has 0 saturated carbocycles. The minimum absolute atomic E-state index is 0.782. The van der Waals surface area contributed by atoms with Crippen LogP contribution in [0.1, 0.15) is 5.76 Å². The fourth-order valence-electron chi connectivity index (χ4n) is 1.59. The third-order valence-corrected chi connectivity index (χ3v) is 2.32. The maximum Gasteiger partial charge on any atom is 0.195 e. The van der Waals surface area contributed by atoms with E-state index < -0.39 is 0 Å². The van der Waals surface area contributed by atoms with Gasteiger partial charge in [0, 0.05) is 19.2 Å². The molecule has 1 aliphatic rings. The van der Waals surface area contributed by atoms with Gasteiger partial charge in [-0.3, -0.25) is 0 Å². The first-order chi connectivity index (χ1) is 6.90. The van der Waals surface area contributed by atoms with Crippen molar-refractivity contribution < 1.29 is 9.15 Å². The second-order valence-electron chi connectivity index (χ2n) is 3.37. The van der Waals surface area contributed by atoms with Crippen molar-refractivity contribution in [1.82, 2.24) is 5.32 Å². The van der Waals surface area contributed by atoms with Gasteiger partial charge in [-0.15, -0.1) is 0 Å². The van der Waals surface area contributed by atoms with E-state index >= 15 is 0 Å². The lowest BCUT2D eigenvalue weighted by Crippen LogP contribution is -2.35. The van der Waals surface area contributed by atoms with Gasteiger partial charge in [0.05, 0.1) is 19.8 Å². The lowest BCUT2D eigenvalue weighted by Gasteiger charge is -2.26. The molecular formula is C10H16N2O2. The average Bonchev–Trinajstić information content (AvgIpc) is 2.68. The topological polar surface area (TPSA) is 37.6 Å². The molecular weight excluding hydrogens is 180 g/mol. The van der Waals surface area contributed by atoms with Crippen LogP contribution in [0.5, 0.6) is 0 Å². The maximum absolute atomic E-state index is 5.67. The van der Waals surface area contributed by atoms with Crippen molar-refractivity contribution in [2.24, 2.45) is 0 Å². The molecule has 0 unspecified atom stereocenters. The quantitative estimate of drug-likeness (QED) is 0.777. The number of rotatable bonds is 3. The number of nitrogens with one attached hydrogen (secondary N) is 1. The Hall–Kier alpha value is -1.00. The second kappa shape index (κ2) is 4.48. The Labute approximate surface area is 83.8 Å². The van der Waals surface area contributed by atoms with Crippen LogP contribution in [0, 0.1) is 0 Å². The van der Waals surface area contributed by atoms with Crippen molar-refractivity contribution in [3.8, 4) is 0 Å². The Morgan fingerprint density at radius 2 is 2.14 bits per heavy atom. The molecule has 1 saturated heterocycles. The number of hydrogen-bond donors (Lipinski definition) is 1. The summed E-state index contributed by atoms with van der Waals surface area (Å²) < 4.78 is 11.0. The van der Waals surface area contributed by atoms with Crippen LogP contribution in [0.15, 0.2) is 16.5 Å². The van der Waals surface area contributed by atoms with Gasteiger partial charge in [0.1, 0.15) is 5.76 Å². The first-order valence-electron chi connectivity index (χ1n) is 4.96. The number of hydrogen-bond acceptors (Lipinski definition) is 4. The molecule has 0 aromatic carbocycles. The predicted molar refractivity (Wildman–Crippen MR) is 54.5 cm³/mol. The second-order valence-corrected chi connectivity index (χ2v) is 3.37. The molecule has 1 aliphatic heterocycles. The van der Waals surface area contributed by atoms with Crippen molar-refractivity contribution >= 4 is 5.88 Å². The van der Waals surface area contributed by atoms with Crippen LogP contribution in [-0.2, 0) is 11.3 Å². The molecule has 1 fully saturated rings. The molecule has 78 valence electrons. The van der Waals surface area contributed by atoms with Crippen LogP contribution in [0.3, 0.4) is 0 Å². The highest BCUT2D eigenvalue weighted by atomic mass is 16.5. The zero-order chi connectivity index (χ0) is 9.80. The smallest absolute Gasteiger partial charge is 0.195 e. The fourth-order valence-corrected chi connectivity index (χ4v) is 1.59. The van der Waals surface area contributed by atoms with Crippen molar-refractivity contribution in [1.29, 1.82) is 0 Å². The standard InChI is InChI=1S/C10H16N2O2/c1-11-8-9-2-3-10(14-9)12-4-6-13-7-5-12/h2-3,11H,4-8H2,1H3. The molecule has 1 N–H and O–H groups in total. The molecule has 0 aliphatic carbocycles. The van der Waals surface area contributed by atoms with E-state index in [0.717, 1.165) is 44.5 Å². The summed E-state index contributed by atoms with van der Waals surface area (Å²) in [6.45, 7) is 4.22. The van der Waals surface area contributed by atoms with Crippen LogP contribution in [0.4, 0.5) is 5.88 Å². The molecule has 0 spiro atoms. The Morgan fingerprint density at radius 1 is 1.36 bits per heavy atom. The third kappa shape index (κ3) is 2.08. The van der Waals surface area contributed by atoms with Gasteiger partial charge in [0.15, 0.2) is 5.88 Å². The summed E-state index contributed by atoms with van der Waals surface area (Å²) in [5, 5.41) is 3.06. The van der Waals surface area contributed by atoms with Gasteiger partial charge in [-0.25, -0.2) is 0 Å². The zero-order valence-corrected chi connectivity index (χ0v) is 8.45. The highest BCUT2D eigenvalue weighted by Crippen LogP contribution is 2.19. The van der Waals surface area contributed by atoms with E-state index in [1.54, 1.807) is 0 Å². The lowest BCUT2D eigenvalue weighted by atomic mass is 10.4. The molecule has 0 radical (unpaired) electrons. The monoisotopic (exact) mass is 196 g/mol. The maximum atomic E-state index is 5.67. The van der Waals surface area contributed by atoms with Gasteiger partial charge < -0.3 is 19.4 Å². The molecule has 2 rings (SSSR count). The van der Waals surface area contributed by atoms with E-state index in [9.17, 15) is 0 Å². The molecule has 0 bridgehead atoms. The predicted octanol–water partition coefficient (Wildman–Crippen LogP) is 0.836. The first-order valence-corrected chi connectivity index (χ1v) is 4.96. The van der Waals surface area contributed by atoms with Gasteiger partial charge in [0.2, 0.25) is 0 Å². The van der Waals surface area contributed by atoms with Crippen LogP contribution in [-0.4, -0.2) is 33.4 Å². The molecule has 4 nitrogen and oxygen atoms in total. The van der Waals surface area contributed by atoms with Crippen molar-refractivity contribution in [2.45, 2.75) is 6.54 Å². The van der Waals surface area contributed by atoms with Crippen molar-refractivity contribution in [3.05, 3.63) is 17.9 Å². The van der Waals surface area contributed by atoms with E-state index in [-0.39, 0.29) is 0 Å². The van der Waals surface area contributed by atoms with Gasteiger partial charge in [-0.1, -0.05) is 0 Å². The Kier molecular flexibility index (Phi) is 3.06. The summed E-state index contributed by atoms with van der Waals surface area (Å²) in [7, 11) is 1.91. The summed E-state index contributed by atoms with van der Waals surface area (Å²) in [4.78, 5) is 2.21. The van der Waals surface area contributed by atoms with Crippen molar-refractivity contribution in [3.63, 3.8) is 0 Å². The molecule has 14 heavy (non-hydrogen) atoms. The Balaban J connectivity index is 2.00. The molecule has 1 aromatic rings. The highest BCUT2D eigenvalue weighted by Gasteiger charge is 2.14. The van der Waals surface area contributed by atoms with E-state index in [1.165, 1.54) is 0 Å². The van der Waals surface area contributed by atoms with E-state index in [0.29, 0.717) is 0 Å². The first kappa shape index (κ1) is 9.55. The van der Waals surface area contributed by atoms with Crippen LogP contribution in [0.2, 0.25) is 0 Å². The molecule has 4 heteroatoms. The van der Waals surface area contributed by atoms with Crippen LogP contribution in [0.25, 0.3) is 0 Å². The van der Waals surface area contributed by atoms with E-state index in [4.69, 9.17) is 9.15 Å². The Morgan fingerprint density at radius 3 is 2.86 bits per heavy atom. The molecule has 0 atom stereocenters. The minimum atomic E-state index is 0.782. The molecule has 1 aromatic heterocycles. The summed E-state index contributed by atoms with van der Waals surface area (Å²) in [6, 6.07) is 4.04. The van der Waals surface area contributed by atoms with Gasteiger partial charge in [-0.05, 0) is 13.1 Å². The number of anilines is 1. The van der Waals surface area contributed by atoms with Gasteiger partial charge in [0.25, 0.3) is 0 Å². The lowest BCUT2D eigenvalue weighted by molar-refractivity contribution is 0.120. The van der Waals surface area contributed by atoms with Crippen LogP contribution >= 0.6 is 0 Å². The van der Waals surface area contributed by atoms with Gasteiger partial charge >= 0.3 is 0 Å². The number of nitrogens with zero attached hydrogens (tertiary/aromatic N) is 1. The SMILES string of the molecule is CNCc1ccc(N2CCOCC2)o1. The minimum Gasteiger partial charge on any atom is -0.444 e. The largest absolute Gasteiger partial charge is 0.444 e. The van der Waals surface area contributed by atoms with E-state index in [1.807, 2.05) is 19.2 Å². The normalized spacial score (nSPS) is 17.4. The number of furan rings is 1.